The second kappa shape index (κ2) is 9.05. The van der Waals surface area contributed by atoms with Crippen molar-refractivity contribution in [2.45, 2.75) is 41.5 Å². The molecular formula is C30H30Sb. The SMILES string of the molecule is Cc1cc(C)c(-c2cccc(-c3c(C)cc(C)cc3C)[c]2[Sb][c]2ccccc2)c(C)c1. The Hall–Kier alpha value is -2.30. The first-order valence-corrected chi connectivity index (χ1v) is 13.5. The van der Waals surface area contributed by atoms with Gasteiger partial charge in [-0.1, -0.05) is 0 Å². The van der Waals surface area contributed by atoms with E-state index in [9.17, 15) is 0 Å². The molecule has 4 aromatic rings. The van der Waals surface area contributed by atoms with Gasteiger partial charge in [0.1, 0.15) is 0 Å². The van der Waals surface area contributed by atoms with Gasteiger partial charge in [-0.3, -0.25) is 0 Å². The van der Waals surface area contributed by atoms with E-state index in [1.54, 1.807) is 3.51 Å². The van der Waals surface area contributed by atoms with Gasteiger partial charge in [-0.2, -0.15) is 0 Å². The second-order valence-corrected chi connectivity index (χ2v) is 12.1. The third-order valence-corrected chi connectivity index (χ3v) is 9.53. The molecule has 0 fully saturated rings. The van der Waals surface area contributed by atoms with E-state index in [0.717, 1.165) is 0 Å². The van der Waals surface area contributed by atoms with Gasteiger partial charge in [-0.25, -0.2) is 0 Å². The van der Waals surface area contributed by atoms with Crippen molar-refractivity contribution in [3.8, 4) is 22.3 Å². The minimum absolute atomic E-state index is 0.790. The number of rotatable bonds is 4. The molecule has 0 aliphatic carbocycles. The molecule has 0 N–H and O–H groups in total. The van der Waals surface area contributed by atoms with Gasteiger partial charge in [0.2, 0.25) is 0 Å². The molecule has 4 aromatic carbocycles. The normalized spacial score (nSPS) is 11.0. The zero-order valence-corrected chi connectivity index (χ0v) is 21.9. The molecule has 0 bridgehead atoms. The third-order valence-electron chi connectivity index (χ3n) is 5.93. The summed E-state index contributed by atoms with van der Waals surface area (Å²) in [6.45, 7) is 13.4. The first-order chi connectivity index (χ1) is 14.8. The summed E-state index contributed by atoms with van der Waals surface area (Å²) in [5, 5.41) is 0. The molecule has 0 aliphatic rings. The Morgan fingerprint density at radius 1 is 0.484 bits per heavy atom. The minimum atomic E-state index is -0.790. The predicted molar refractivity (Wildman–Crippen MR) is 137 cm³/mol. The molecule has 0 aromatic heterocycles. The van der Waals surface area contributed by atoms with Crippen molar-refractivity contribution >= 4 is 28.6 Å². The van der Waals surface area contributed by atoms with E-state index in [1.807, 2.05) is 0 Å². The van der Waals surface area contributed by atoms with Gasteiger partial charge in [0.25, 0.3) is 0 Å². The molecule has 155 valence electrons. The molecule has 0 heterocycles. The van der Waals surface area contributed by atoms with Crippen LogP contribution in [-0.4, -0.2) is 21.6 Å². The molecule has 0 saturated heterocycles. The van der Waals surface area contributed by atoms with Gasteiger partial charge in [0, 0.05) is 0 Å². The molecule has 0 aliphatic heterocycles. The van der Waals surface area contributed by atoms with Crippen LogP contribution in [0.25, 0.3) is 22.3 Å². The van der Waals surface area contributed by atoms with E-state index in [2.05, 4.69) is 114 Å². The van der Waals surface area contributed by atoms with Crippen LogP contribution in [-0.2, 0) is 0 Å². The maximum atomic E-state index is 2.35. The molecule has 0 amide bonds. The fourth-order valence-corrected chi connectivity index (χ4v) is 8.31. The number of hydrogen-bond donors (Lipinski definition) is 0. The molecule has 31 heavy (non-hydrogen) atoms. The second-order valence-electron chi connectivity index (χ2n) is 8.70. The number of hydrogen-bond acceptors (Lipinski definition) is 0. The van der Waals surface area contributed by atoms with Gasteiger partial charge in [0.15, 0.2) is 0 Å². The van der Waals surface area contributed by atoms with Gasteiger partial charge in [-0.15, -0.1) is 0 Å². The van der Waals surface area contributed by atoms with Crippen LogP contribution in [0.5, 0.6) is 0 Å². The zero-order valence-electron chi connectivity index (χ0n) is 19.4. The molecule has 0 saturated carbocycles. The predicted octanol–water partition coefficient (Wildman–Crippen LogP) is 6.53. The average molecular weight is 512 g/mol. The van der Waals surface area contributed by atoms with Crippen LogP contribution in [0.4, 0.5) is 0 Å². The van der Waals surface area contributed by atoms with E-state index in [1.165, 1.54) is 59.1 Å². The summed E-state index contributed by atoms with van der Waals surface area (Å²) in [6, 6.07) is 27.3. The molecule has 1 radical (unpaired) electrons. The fraction of sp³-hybridized carbons (Fsp3) is 0.200. The van der Waals surface area contributed by atoms with E-state index >= 15 is 0 Å². The molecule has 0 unspecified atom stereocenters. The summed E-state index contributed by atoms with van der Waals surface area (Å²) in [6.07, 6.45) is 0. The fourth-order valence-electron chi connectivity index (χ4n) is 4.91. The van der Waals surface area contributed by atoms with Crippen molar-refractivity contribution in [1.29, 1.82) is 0 Å². The monoisotopic (exact) mass is 511 g/mol. The van der Waals surface area contributed by atoms with Crippen molar-refractivity contribution in [2.75, 3.05) is 0 Å². The Morgan fingerprint density at radius 3 is 1.32 bits per heavy atom. The first kappa shape index (κ1) is 21.9. The Balaban J connectivity index is 2.03. The molecule has 0 nitrogen and oxygen atoms in total. The first-order valence-electron chi connectivity index (χ1n) is 10.9. The zero-order chi connectivity index (χ0) is 22.1. The Kier molecular flexibility index (Phi) is 6.40. The summed E-state index contributed by atoms with van der Waals surface area (Å²) in [5.74, 6) is 0. The average Bonchev–Trinajstić information content (AvgIpc) is 2.69. The molecule has 4 rings (SSSR count). The van der Waals surface area contributed by atoms with Crippen molar-refractivity contribution in [1.82, 2.24) is 0 Å². The van der Waals surface area contributed by atoms with Crippen LogP contribution in [0.3, 0.4) is 0 Å². The Labute approximate surface area is 197 Å². The summed E-state index contributed by atoms with van der Waals surface area (Å²) in [7, 11) is 0. The van der Waals surface area contributed by atoms with Crippen LogP contribution in [0.15, 0.2) is 72.8 Å². The number of aryl methyl sites for hydroxylation is 6. The third kappa shape index (κ3) is 4.51. The van der Waals surface area contributed by atoms with Crippen LogP contribution < -0.4 is 7.02 Å². The summed E-state index contributed by atoms with van der Waals surface area (Å²) >= 11 is -0.790. The maximum absolute atomic E-state index is 2.35. The Bertz CT molecular complexity index is 1130. The van der Waals surface area contributed by atoms with E-state index in [0.29, 0.717) is 0 Å². The van der Waals surface area contributed by atoms with Crippen LogP contribution in [0.2, 0.25) is 0 Å². The van der Waals surface area contributed by atoms with Crippen molar-refractivity contribution in [3.63, 3.8) is 0 Å². The Morgan fingerprint density at radius 2 is 0.903 bits per heavy atom. The topological polar surface area (TPSA) is 0 Å². The summed E-state index contributed by atoms with van der Waals surface area (Å²) < 4.78 is 3.06. The van der Waals surface area contributed by atoms with Crippen molar-refractivity contribution < 1.29 is 0 Å². The van der Waals surface area contributed by atoms with E-state index in [4.69, 9.17) is 0 Å². The van der Waals surface area contributed by atoms with Gasteiger partial charge in [0.05, 0.1) is 0 Å². The van der Waals surface area contributed by atoms with Crippen molar-refractivity contribution in [2.24, 2.45) is 0 Å². The van der Waals surface area contributed by atoms with Crippen molar-refractivity contribution in [3.05, 3.63) is 106 Å². The molecular weight excluding hydrogens is 482 g/mol. The van der Waals surface area contributed by atoms with Gasteiger partial charge < -0.3 is 0 Å². The molecule has 1 heteroatoms. The van der Waals surface area contributed by atoms with E-state index in [-0.39, 0.29) is 0 Å². The van der Waals surface area contributed by atoms with Crippen LogP contribution in [0, 0.1) is 41.5 Å². The van der Waals surface area contributed by atoms with Gasteiger partial charge >= 0.3 is 199 Å². The standard InChI is InChI=1S/C24H25.C6H5.Sb/c1-15-10-17(3)23(18(4)11-15)21-8-7-9-22(14-21)24-19(5)12-16(2)13-20(24)6;1-2-4-6-5-3-1;/h7-13H,1-6H3;1-5H;. The summed E-state index contributed by atoms with van der Waals surface area (Å²) in [4.78, 5) is 0. The quantitative estimate of drug-likeness (QED) is 0.273. The molecule has 0 spiro atoms. The number of benzene rings is 4. The van der Waals surface area contributed by atoms with E-state index < -0.39 is 21.6 Å². The van der Waals surface area contributed by atoms with Crippen LogP contribution in [0.1, 0.15) is 33.4 Å². The van der Waals surface area contributed by atoms with Crippen LogP contribution >= 0.6 is 0 Å². The molecule has 0 atom stereocenters. The van der Waals surface area contributed by atoms with Gasteiger partial charge in [-0.05, 0) is 0 Å². The summed E-state index contributed by atoms with van der Waals surface area (Å²) in [5.41, 5.74) is 13.8.